The van der Waals surface area contributed by atoms with Crippen molar-refractivity contribution in [2.45, 2.75) is 27.2 Å². The lowest BCUT2D eigenvalue weighted by Crippen LogP contribution is -2.14. The zero-order valence-electron chi connectivity index (χ0n) is 12.3. The van der Waals surface area contributed by atoms with Crippen LogP contribution in [0.15, 0.2) is 18.2 Å². The Morgan fingerprint density at radius 2 is 1.84 bits per heavy atom. The summed E-state index contributed by atoms with van der Waals surface area (Å²) in [4.78, 5) is 12.0. The summed E-state index contributed by atoms with van der Waals surface area (Å²) in [6.07, 6.45) is 0.811. The van der Waals surface area contributed by atoms with Crippen LogP contribution in [0.5, 0.6) is 11.5 Å². The molecule has 1 aromatic carbocycles. The number of esters is 1. The minimum absolute atomic E-state index is 0.138. The highest BCUT2D eigenvalue weighted by Gasteiger charge is 2.17. The molecule has 0 N–H and O–H groups in total. The first-order valence-electron chi connectivity index (χ1n) is 6.26. The maximum absolute atomic E-state index is 12.0. The average Bonchev–Trinajstić information content (AvgIpc) is 2.36. The van der Waals surface area contributed by atoms with Crippen molar-refractivity contribution in [3.8, 4) is 11.5 Å². The first kappa shape index (κ1) is 15.3. The number of carbonyl (C=O) groups is 1. The van der Waals surface area contributed by atoms with Gasteiger partial charge in [0, 0.05) is 0 Å². The van der Waals surface area contributed by atoms with Gasteiger partial charge < -0.3 is 14.2 Å². The Labute approximate surface area is 114 Å². The summed E-state index contributed by atoms with van der Waals surface area (Å²) in [5, 5.41) is 0. The summed E-state index contributed by atoms with van der Waals surface area (Å²) in [6.45, 7) is 6.70. The summed E-state index contributed by atoms with van der Waals surface area (Å²) in [5.41, 5.74) is 0.523. The molecule has 19 heavy (non-hydrogen) atoms. The van der Waals surface area contributed by atoms with Crippen LogP contribution in [0.25, 0.3) is 0 Å². The topological polar surface area (TPSA) is 44.8 Å². The van der Waals surface area contributed by atoms with Crippen molar-refractivity contribution in [1.82, 2.24) is 0 Å². The second-order valence-electron chi connectivity index (χ2n) is 5.51. The number of ether oxygens (including phenoxy) is 3. The van der Waals surface area contributed by atoms with Crippen LogP contribution in [0.4, 0.5) is 0 Å². The average molecular weight is 266 g/mol. The molecule has 0 atom stereocenters. The molecule has 106 valence electrons. The first-order chi connectivity index (χ1) is 8.87. The highest BCUT2D eigenvalue weighted by molar-refractivity contribution is 5.93. The molecule has 0 radical (unpaired) electrons. The number of hydrogen-bond donors (Lipinski definition) is 0. The second kappa shape index (κ2) is 6.45. The Bertz CT molecular complexity index is 432. The predicted molar refractivity (Wildman–Crippen MR) is 73.9 cm³/mol. The molecule has 0 saturated heterocycles. The molecule has 0 amide bonds. The second-order valence-corrected chi connectivity index (χ2v) is 5.51. The van der Waals surface area contributed by atoms with E-state index in [2.05, 4.69) is 20.8 Å². The molecule has 0 aliphatic carbocycles. The van der Waals surface area contributed by atoms with Gasteiger partial charge in [0.25, 0.3) is 0 Å². The van der Waals surface area contributed by atoms with E-state index in [0.717, 1.165) is 6.42 Å². The van der Waals surface area contributed by atoms with E-state index in [9.17, 15) is 4.79 Å². The molecular weight excluding hydrogens is 244 g/mol. The Balaban J connectivity index is 2.75. The van der Waals surface area contributed by atoms with E-state index >= 15 is 0 Å². The van der Waals surface area contributed by atoms with Crippen LogP contribution in [0.3, 0.4) is 0 Å². The Morgan fingerprint density at radius 3 is 2.37 bits per heavy atom. The van der Waals surface area contributed by atoms with E-state index in [1.54, 1.807) is 25.3 Å². The van der Waals surface area contributed by atoms with Crippen molar-refractivity contribution in [3.63, 3.8) is 0 Å². The summed E-state index contributed by atoms with van der Waals surface area (Å²) in [5.74, 6) is 0.699. The molecule has 1 aromatic rings. The standard InChI is InChI=1S/C15H22O4/c1-15(2,3)8-9-19-14(16)12-10-11(17-4)6-7-13(12)18-5/h6-7,10H,8-9H2,1-5H3. The monoisotopic (exact) mass is 266 g/mol. The van der Waals surface area contributed by atoms with Crippen LogP contribution in [0, 0.1) is 5.41 Å². The van der Waals surface area contributed by atoms with Crippen LogP contribution >= 0.6 is 0 Å². The molecule has 0 aromatic heterocycles. The lowest BCUT2D eigenvalue weighted by molar-refractivity contribution is 0.0461. The lowest BCUT2D eigenvalue weighted by atomic mass is 9.93. The first-order valence-corrected chi connectivity index (χ1v) is 6.26. The molecule has 0 unspecified atom stereocenters. The number of benzene rings is 1. The molecule has 0 heterocycles. The third-order valence-electron chi connectivity index (χ3n) is 2.71. The molecule has 0 bridgehead atoms. The molecule has 4 heteroatoms. The van der Waals surface area contributed by atoms with Crippen LogP contribution in [-0.4, -0.2) is 26.8 Å². The van der Waals surface area contributed by atoms with Crippen molar-refractivity contribution in [2.75, 3.05) is 20.8 Å². The van der Waals surface area contributed by atoms with Crippen molar-refractivity contribution in [2.24, 2.45) is 5.41 Å². The number of hydrogen-bond acceptors (Lipinski definition) is 4. The Hall–Kier alpha value is -1.71. The fourth-order valence-corrected chi connectivity index (χ4v) is 1.50. The van der Waals surface area contributed by atoms with Gasteiger partial charge in [-0.1, -0.05) is 20.8 Å². The summed E-state index contributed by atoms with van der Waals surface area (Å²) in [7, 11) is 3.07. The van der Waals surface area contributed by atoms with Crippen LogP contribution < -0.4 is 9.47 Å². The molecule has 4 nitrogen and oxygen atoms in total. The van der Waals surface area contributed by atoms with Gasteiger partial charge in [-0.3, -0.25) is 0 Å². The van der Waals surface area contributed by atoms with E-state index in [-0.39, 0.29) is 11.4 Å². The molecule has 1 rings (SSSR count). The van der Waals surface area contributed by atoms with E-state index in [1.165, 1.54) is 7.11 Å². The minimum atomic E-state index is -0.389. The van der Waals surface area contributed by atoms with Gasteiger partial charge in [-0.25, -0.2) is 4.79 Å². The molecule has 0 aliphatic heterocycles. The third-order valence-corrected chi connectivity index (χ3v) is 2.71. The fraction of sp³-hybridized carbons (Fsp3) is 0.533. The number of carbonyl (C=O) groups excluding carboxylic acids is 1. The summed E-state index contributed by atoms with van der Waals surface area (Å²) in [6, 6.07) is 5.06. The highest BCUT2D eigenvalue weighted by Crippen LogP contribution is 2.25. The number of methoxy groups -OCH3 is 2. The van der Waals surface area contributed by atoms with E-state index < -0.39 is 0 Å². The third kappa shape index (κ3) is 4.81. The smallest absolute Gasteiger partial charge is 0.342 e. The van der Waals surface area contributed by atoms with Crippen molar-refractivity contribution >= 4 is 5.97 Å². The normalized spacial score (nSPS) is 11.0. The van der Waals surface area contributed by atoms with E-state index in [0.29, 0.717) is 23.7 Å². The maximum Gasteiger partial charge on any atom is 0.342 e. The van der Waals surface area contributed by atoms with Gasteiger partial charge in [-0.15, -0.1) is 0 Å². The largest absolute Gasteiger partial charge is 0.497 e. The predicted octanol–water partition coefficient (Wildman–Crippen LogP) is 3.30. The molecule has 0 fully saturated rings. The zero-order chi connectivity index (χ0) is 14.5. The molecular formula is C15H22O4. The zero-order valence-corrected chi connectivity index (χ0v) is 12.3. The van der Waals surface area contributed by atoms with Gasteiger partial charge in [-0.2, -0.15) is 0 Å². The van der Waals surface area contributed by atoms with Gasteiger partial charge in [0.05, 0.1) is 20.8 Å². The minimum Gasteiger partial charge on any atom is -0.497 e. The van der Waals surface area contributed by atoms with Gasteiger partial charge in [0.15, 0.2) is 0 Å². The number of rotatable bonds is 5. The van der Waals surface area contributed by atoms with Gasteiger partial charge in [-0.05, 0) is 30.0 Å². The van der Waals surface area contributed by atoms with Gasteiger partial charge in [0.2, 0.25) is 0 Å². The van der Waals surface area contributed by atoms with Crippen LogP contribution in [0.2, 0.25) is 0 Å². The van der Waals surface area contributed by atoms with Crippen LogP contribution in [0.1, 0.15) is 37.6 Å². The van der Waals surface area contributed by atoms with Crippen molar-refractivity contribution < 1.29 is 19.0 Å². The highest BCUT2D eigenvalue weighted by atomic mass is 16.5. The molecule has 0 saturated carbocycles. The Morgan fingerprint density at radius 1 is 1.16 bits per heavy atom. The van der Waals surface area contributed by atoms with E-state index in [4.69, 9.17) is 14.2 Å². The SMILES string of the molecule is COc1ccc(OC)c(C(=O)OCCC(C)(C)C)c1. The fourth-order valence-electron chi connectivity index (χ4n) is 1.50. The summed E-state index contributed by atoms with van der Waals surface area (Å²) >= 11 is 0. The quantitative estimate of drug-likeness (QED) is 0.767. The van der Waals surface area contributed by atoms with Crippen LogP contribution in [-0.2, 0) is 4.74 Å². The van der Waals surface area contributed by atoms with Crippen molar-refractivity contribution in [1.29, 1.82) is 0 Å². The summed E-state index contributed by atoms with van der Waals surface area (Å²) < 4.78 is 15.5. The van der Waals surface area contributed by atoms with Crippen molar-refractivity contribution in [3.05, 3.63) is 23.8 Å². The Kier molecular flexibility index (Phi) is 5.21. The van der Waals surface area contributed by atoms with E-state index in [1.807, 2.05) is 0 Å². The van der Waals surface area contributed by atoms with Gasteiger partial charge in [0.1, 0.15) is 17.1 Å². The molecule has 0 aliphatic rings. The maximum atomic E-state index is 12.0. The van der Waals surface area contributed by atoms with Gasteiger partial charge >= 0.3 is 5.97 Å². The molecule has 0 spiro atoms. The lowest BCUT2D eigenvalue weighted by Gasteiger charge is -2.18.